The van der Waals surface area contributed by atoms with Crippen molar-refractivity contribution in [3.63, 3.8) is 0 Å². The zero-order valence-corrected chi connectivity index (χ0v) is 13.8. The Morgan fingerprint density at radius 3 is 2.75 bits per heavy atom. The summed E-state index contributed by atoms with van der Waals surface area (Å²) in [5.41, 5.74) is 2.26. The van der Waals surface area contributed by atoms with E-state index in [0.29, 0.717) is 28.1 Å². The van der Waals surface area contributed by atoms with Gasteiger partial charge in [0.2, 0.25) is 5.89 Å². The van der Waals surface area contributed by atoms with Crippen LogP contribution in [0.1, 0.15) is 17.0 Å². The quantitative estimate of drug-likeness (QED) is 0.429. The van der Waals surface area contributed by atoms with Crippen molar-refractivity contribution in [3.05, 3.63) is 70.6 Å². The van der Waals surface area contributed by atoms with Gasteiger partial charge in [-0.3, -0.25) is 0 Å². The minimum absolute atomic E-state index is 0.273. The molecular weight excluding hydrogens is 326 g/mol. The van der Waals surface area contributed by atoms with E-state index in [1.165, 1.54) is 0 Å². The third-order valence-electron chi connectivity index (χ3n) is 3.49. The number of rotatable bonds is 5. The second kappa shape index (κ2) is 7.19. The van der Waals surface area contributed by atoms with Crippen LogP contribution >= 0.6 is 11.6 Å². The molecule has 6 heteroatoms. The number of para-hydroxylation sites is 1. The predicted octanol–water partition coefficient (Wildman–Crippen LogP) is 4.18. The van der Waals surface area contributed by atoms with Crippen molar-refractivity contribution in [2.75, 3.05) is 0 Å². The summed E-state index contributed by atoms with van der Waals surface area (Å²) in [4.78, 5) is 4.50. The van der Waals surface area contributed by atoms with Crippen molar-refractivity contribution in [1.82, 2.24) is 4.98 Å². The molecule has 0 atom stereocenters. The number of hydrazone groups is 1. The zero-order valence-electron chi connectivity index (χ0n) is 13.1. The van der Waals surface area contributed by atoms with Gasteiger partial charge in [0, 0.05) is 5.56 Å². The highest BCUT2D eigenvalue weighted by Crippen LogP contribution is 2.29. The first-order valence-corrected chi connectivity index (χ1v) is 7.73. The Bertz CT molecular complexity index is 874. The van der Waals surface area contributed by atoms with Crippen LogP contribution in [-0.4, -0.2) is 11.2 Å². The van der Waals surface area contributed by atoms with Crippen LogP contribution in [0, 0.1) is 6.92 Å². The second-order valence-corrected chi connectivity index (χ2v) is 5.51. The van der Waals surface area contributed by atoms with Gasteiger partial charge in [-0.25, -0.2) is 4.98 Å². The molecule has 0 spiro atoms. The molecule has 0 unspecified atom stereocenters. The normalized spacial score (nSPS) is 11.1. The van der Waals surface area contributed by atoms with E-state index in [0.717, 1.165) is 11.1 Å². The lowest BCUT2D eigenvalue weighted by Gasteiger charge is -2.07. The summed E-state index contributed by atoms with van der Waals surface area (Å²) in [6.45, 7) is 2.12. The van der Waals surface area contributed by atoms with Crippen LogP contribution in [-0.2, 0) is 6.61 Å². The first-order chi connectivity index (χ1) is 11.7. The number of halogens is 1. The average molecular weight is 342 g/mol. The maximum Gasteiger partial charge on any atom is 0.228 e. The van der Waals surface area contributed by atoms with Gasteiger partial charge in [0.05, 0.1) is 16.8 Å². The highest BCUT2D eigenvalue weighted by atomic mass is 35.5. The fraction of sp³-hybridized carbons (Fsp3) is 0.111. The molecule has 0 saturated heterocycles. The van der Waals surface area contributed by atoms with E-state index >= 15 is 0 Å². The van der Waals surface area contributed by atoms with Crippen molar-refractivity contribution in [1.29, 1.82) is 0 Å². The number of ether oxygens (including phenoxy) is 1. The number of aryl methyl sites for hydroxylation is 1. The molecule has 122 valence electrons. The molecule has 2 aromatic carbocycles. The van der Waals surface area contributed by atoms with Crippen molar-refractivity contribution >= 4 is 17.8 Å². The molecule has 0 amide bonds. The summed E-state index contributed by atoms with van der Waals surface area (Å²) in [6.07, 6.45) is 1.54. The molecule has 5 nitrogen and oxygen atoms in total. The summed E-state index contributed by atoms with van der Waals surface area (Å²) in [5, 5.41) is 4.13. The molecule has 1 aromatic heterocycles. The summed E-state index contributed by atoms with van der Waals surface area (Å²) in [7, 11) is 0. The number of oxazole rings is 1. The van der Waals surface area contributed by atoms with Gasteiger partial charge >= 0.3 is 0 Å². The van der Waals surface area contributed by atoms with Gasteiger partial charge in [-0.05, 0) is 31.2 Å². The van der Waals surface area contributed by atoms with Crippen LogP contribution in [0.25, 0.3) is 11.5 Å². The Balaban J connectivity index is 1.81. The number of nitrogens with zero attached hydrogens (tertiary/aromatic N) is 2. The maximum atomic E-state index is 6.19. The lowest BCUT2D eigenvalue weighted by Crippen LogP contribution is -2.00. The summed E-state index contributed by atoms with van der Waals surface area (Å²) in [5.74, 6) is 7.06. The largest absolute Gasteiger partial charge is 0.486 e. The van der Waals surface area contributed by atoms with E-state index in [1.54, 1.807) is 12.3 Å². The fourth-order valence-electron chi connectivity index (χ4n) is 2.26. The topological polar surface area (TPSA) is 73.6 Å². The molecule has 24 heavy (non-hydrogen) atoms. The minimum Gasteiger partial charge on any atom is -0.486 e. The Kier molecular flexibility index (Phi) is 4.82. The molecule has 3 aromatic rings. The number of hydrogen-bond donors (Lipinski definition) is 1. The van der Waals surface area contributed by atoms with Crippen molar-refractivity contribution in [3.8, 4) is 17.2 Å². The molecular formula is C18H16ClN3O2. The zero-order chi connectivity index (χ0) is 16.9. The van der Waals surface area contributed by atoms with E-state index in [1.807, 2.05) is 49.4 Å². The van der Waals surface area contributed by atoms with Crippen LogP contribution in [0.2, 0.25) is 5.02 Å². The monoisotopic (exact) mass is 341 g/mol. The van der Waals surface area contributed by atoms with Crippen molar-refractivity contribution in [2.24, 2.45) is 10.9 Å². The Morgan fingerprint density at radius 1 is 1.21 bits per heavy atom. The number of benzene rings is 2. The molecule has 0 bridgehead atoms. The van der Waals surface area contributed by atoms with Gasteiger partial charge in [0.15, 0.2) is 0 Å². The highest BCUT2D eigenvalue weighted by molar-refractivity contribution is 6.33. The maximum absolute atomic E-state index is 6.19. The summed E-state index contributed by atoms with van der Waals surface area (Å²) < 4.78 is 11.6. The van der Waals surface area contributed by atoms with E-state index in [-0.39, 0.29) is 6.61 Å². The van der Waals surface area contributed by atoms with E-state index in [9.17, 15) is 0 Å². The Hall–Kier alpha value is -2.79. The third-order valence-corrected chi connectivity index (χ3v) is 3.82. The van der Waals surface area contributed by atoms with Crippen molar-refractivity contribution < 1.29 is 9.15 Å². The molecule has 0 fully saturated rings. The van der Waals surface area contributed by atoms with E-state index < -0.39 is 0 Å². The molecule has 0 aliphatic heterocycles. The SMILES string of the molecule is Cc1oc(-c2ccccc2Cl)nc1COc1ccccc1C=NN. The van der Waals surface area contributed by atoms with Gasteiger partial charge in [-0.15, -0.1) is 0 Å². The third kappa shape index (κ3) is 3.41. The molecule has 0 radical (unpaired) electrons. The van der Waals surface area contributed by atoms with Crippen molar-refractivity contribution in [2.45, 2.75) is 13.5 Å². The average Bonchev–Trinajstić information content (AvgIpc) is 2.95. The van der Waals surface area contributed by atoms with Gasteiger partial charge in [0.1, 0.15) is 23.8 Å². The standard InChI is InChI=1S/C18H16ClN3O2/c1-12-16(11-23-17-9-5-2-6-13(17)10-21-20)22-18(24-12)14-7-3-4-8-15(14)19/h2-10H,11,20H2,1H3. The van der Waals surface area contributed by atoms with Crippen LogP contribution in [0.5, 0.6) is 5.75 Å². The van der Waals surface area contributed by atoms with Gasteiger partial charge < -0.3 is 15.0 Å². The van der Waals surface area contributed by atoms with Gasteiger partial charge in [-0.1, -0.05) is 35.9 Å². The molecule has 3 rings (SSSR count). The summed E-state index contributed by atoms with van der Waals surface area (Å²) in [6, 6.07) is 14.9. The van der Waals surface area contributed by atoms with E-state index in [2.05, 4.69) is 10.1 Å². The summed E-state index contributed by atoms with van der Waals surface area (Å²) >= 11 is 6.19. The first-order valence-electron chi connectivity index (χ1n) is 7.35. The van der Waals surface area contributed by atoms with Gasteiger partial charge in [-0.2, -0.15) is 5.10 Å². The Labute approximate surface area is 144 Å². The number of aromatic nitrogens is 1. The number of hydrogen-bond acceptors (Lipinski definition) is 5. The predicted molar refractivity (Wildman–Crippen MR) is 94.2 cm³/mol. The van der Waals surface area contributed by atoms with E-state index in [4.69, 9.17) is 26.6 Å². The molecule has 0 aliphatic carbocycles. The number of nitrogens with two attached hydrogens (primary N) is 1. The minimum atomic E-state index is 0.273. The lowest BCUT2D eigenvalue weighted by atomic mass is 10.2. The second-order valence-electron chi connectivity index (χ2n) is 5.11. The van der Waals surface area contributed by atoms with Gasteiger partial charge in [0.25, 0.3) is 0 Å². The van der Waals surface area contributed by atoms with Crippen LogP contribution in [0.3, 0.4) is 0 Å². The first kappa shape index (κ1) is 16.1. The molecule has 0 saturated carbocycles. The Morgan fingerprint density at radius 2 is 1.96 bits per heavy atom. The fourth-order valence-corrected chi connectivity index (χ4v) is 2.47. The molecule has 1 heterocycles. The van der Waals surface area contributed by atoms with Crippen LogP contribution < -0.4 is 10.6 Å². The van der Waals surface area contributed by atoms with Crippen LogP contribution in [0.4, 0.5) is 0 Å². The molecule has 0 aliphatic rings. The van der Waals surface area contributed by atoms with Crippen LogP contribution in [0.15, 0.2) is 58.0 Å². The molecule has 2 N–H and O–H groups in total. The smallest absolute Gasteiger partial charge is 0.228 e. The highest BCUT2D eigenvalue weighted by Gasteiger charge is 2.14. The lowest BCUT2D eigenvalue weighted by molar-refractivity contribution is 0.299.